The molecule has 0 saturated heterocycles. The summed E-state index contributed by atoms with van der Waals surface area (Å²) < 4.78 is 2.11. The van der Waals surface area contributed by atoms with Crippen LogP contribution in [0.1, 0.15) is 24.2 Å². The summed E-state index contributed by atoms with van der Waals surface area (Å²) in [4.78, 5) is 33.8. The van der Waals surface area contributed by atoms with Gasteiger partial charge in [0.1, 0.15) is 5.56 Å². The Balaban J connectivity index is 3.67. The number of hydrogen-bond acceptors (Lipinski definition) is 3. The molecule has 0 aromatic carbocycles. The molecule has 0 unspecified atom stereocenters. The van der Waals surface area contributed by atoms with Crippen molar-refractivity contribution in [2.75, 3.05) is 0 Å². The largest absolute Gasteiger partial charge is 0.477 e. The van der Waals surface area contributed by atoms with Gasteiger partial charge in [-0.15, -0.1) is 0 Å². The van der Waals surface area contributed by atoms with Crippen molar-refractivity contribution in [2.24, 2.45) is 0 Å². The number of carbonyl (C=O) groups is 1. The fraction of sp³-hybridized carbons (Fsp3) is 0.444. The smallest absolute Gasteiger partial charge is 0.342 e. The van der Waals surface area contributed by atoms with Crippen LogP contribution in [0, 0.1) is 0 Å². The standard InChI is InChI=1S/C9H12N2O4/c1-3-10-5-6(8(13)14)7(12)11(4-2)9(10)15/h5H,3-4H2,1-2H3,(H,13,14). The van der Waals surface area contributed by atoms with Crippen LogP contribution < -0.4 is 11.2 Å². The molecule has 6 nitrogen and oxygen atoms in total. The van der Waals surface area contributed by atoms with Crippen LogP contribution >= 0.6 is 0 Å². The van der Waals surface area contributed by atoms with E-state index in [1.54, 1.807) is 13.8 Å². The summed E-state index contributed by atoms with van der Waals surface area (Å²) in [6.45, 7) is 3.82. The quantitative estimate of drug-likeness (QED) is 0.749. The molecule has 0 aliphatic carbocycles. The lowest BCUT2D eigenvalue weighted by atomic mass is 10.3. The molecule has 0 atom stereocenters. The minimum Gasteiger partial charge on any atom is -0.477 e. The van der Waals surface area contributed by atoms with E-state index in [1.807, 2.05) is 0 Å². The highest BCUT2D eigenvalue weighted by Crippen LogP contribution is 1.89. The van der Waals surface area contributed by atoms with E-state index in [2.05, 4.69) is 0 Å². The molecular weight excluding hydrogens is 200 g/mol. The molecule has 0 fully saturated rings. The van der Waals surface area contributed by atoms with Crippen molar-refractivity contribution in [3.63, 3.8) is 0 Å². The summed E-state index contributed by atoms with van der Waals surface area (Å²) in [5, 5.41) is 8.77. The van der Waals surface area contributed by atoms with Gasteiger partial charge in [-0.2, -0.15) is 0 Å². The van der Waals surface area contributed by atoms with Gasteiger partial charge in [-0.1, -0.05) is 0 Å². The molecule has 1 rings (SSSR count). The third-order valence-electron chi connectivity index (χ3n) is 2.12. The average molecular weight is 212 g/mol. The molecule has 82 valence electrons. The maximum Gasteiger partial charge on any atom is 0.342 e. The molecule has 1 aromatic heterocycles. The Labute approximate surface area is 85.4 Å². The van der Waals surface area contributed by atoms with Crippen molar-refractivity contribution >= 4 is 5.97 Å². The number of carboxylic acids is 1. The fourth-order valence-corrected chi connectivity index (χ4v) is 1.31. The van der Waals surface area contributed by atoms with Gasteiger partial charge in [0.25, 0.3) is 5.56 Å². The van der Waals surface area contributed by atoms with Crippen molar-refractivity contribution < 1.29 is 9.90 Å². The van der Waals surface area contributed by atoms with Crippen LogP contribution in [0.4, 0.5) is 0 Å². The zero-order chi connectivity index (χ0) is 11.6. The van der Waals surface area contributed by atoms with E-state index in [4.69, 9.17) is 5.11 Å². The SMILES string of the molecule is CCn1cc(C(=O)O)c(=O)n(CC)c1=O. The fourth-order valence-electron chi connectivity index (χ4n) is 1.31. The van der Waals surface area contributed by atoms with E-state index in [1.165, 1.54) is 4.57 Å². The van der Waals surface area contributed by atoms with E-state index in [0.29, 0.717) is 6.54 Å². The first kappa shape index (κ1) is 11.2. The average Bonchev–Trinajstić information content (AvgIpc) is 2.18. The Morgan fingerprint density at radius 3 is 2.33 bits per heavy atom. The number of aromatic carboxylic acids is 1. The lowest BCUT2D eigenvalue weighted by Gasteiger charge is -2.07. The molecule has 0 aliphatic rings. The molecule has 0 aliphatic heterocycles. The van der Waals surface area contributed by atoms with Crippen LogP contribution in [0.5, 0.6) is 0 Å². The Bertz CT molecular complexity index is 498. The molecule has 0 bridgehead atoms. The highest BCUT2D eigenvalue weighted by molar-refractivity contribution is 5.86. The van der Waals surface area contributed by atoms with Gasteiger partial charge in [0.2, 0.25) is 0 Å². The molecular formula is C9H12N2O4. The molecule has 0 radical (unpaired) electrons. The van der Waals surface area contributed by atoms with E-state index >= 15 is 0 Å². The number of hydrogen-bond donors (Lipinski definition) is 1. The van der Waals surface area contributed by atoms with Gasteiger partial charge in [0.05, 0.1) is 0 Å². The van der Waals surface area contributed by atoms with Gasteiger partial charge in [-0.25, -0.2) is 9.59 Å². The van der Waals surface area contributed by atoms with Gasteiger partial charge >= 0.3 is 11.7 Å². The molecule has 0 spiro atoms. The summed E-state index contributed by atoms with van der Waals surface area (Å²) in [6, 6.07) is 0. The highest BCUT2D eigenvalue weighted by Gasteiger charge is 2.14. The molecule has 0 amide bonds. The molecule has 15 heavy (non-hydrogen) atoms. The van der Waals surface area contributed by atoms with Crippen LogP contribution in [0.3, 0.4) is 0 Å². The van der Waals surface area contributed by atoms with Gasteiger partial charge < -0.3 is 5.11 Å². The Morgan fingerprint density at radius 2 is 1.93 bits per heavy atom. The second-order valence-corrected chi connectivity index (χ2v) is 2.97. The van der Waals surface area contributed by atoms with Crippen LogP contribution in [-0.2, 0) is 13.1 Å². The number of aryl methyl sites for hydroxylation is 1. The summed E-state index contributed by atoms with van der Waals surface area (Å²) in [5.41, 5.74) is -1.60. The first-order valence-electron chi connectivity index (χ1n) is 4.60. The monoisotopic (exact) mass is 212 g/mol. The van der Waals surface area contributed by atoms with Crippen LogP contribution in [0.25, 0.3) is 0 Å². The summed E-state index contributed by atoms with van der Waals surface area (Å²) in [7, 11) is 0. The Hall–Kier alpha value is -1.85. The lowest BCUT2D eigenvalue weighted by molar-refractivity contribution is 0.0692. The second kappa shape index (κ2) is 4.12. The third-order valence-corrected chi connectivity index (χ3v) is 2.12. The first-order chi connectivity index (χ1) is 7.02. The van der Waals surface area contributed by atoms with E-state index in [9.17, 15) is 14.4 Å². The third kappa shape index (κ3) is 1.83. The molecule has 6 heteroatoms. The van der Waals surface area contributed by atoms with Gasteiger partial charge in [0.15, 0.2) is 0 Å². The minimum atomic E-state index is -1.32. The Kier molecular flexibility index (Phi) is 3.08. The topological polar surface area (TPSA) is 81.3 Å². The van der Waals surface area contributed by atoms with Crippen LogP contribution in [-0.4, -0.2) is 20.2 Å². The number of nitrogens with zero attached hydrogens (tertiary/aromatic N) is 2. The zero-order valence-corrected chi connectivity index (χ0v) is 8.56. The Morgan fingerprint density at radius 1 is 1.33 bits per heavy atom. The van der Waals surface area contributed by atoms with E-state index in [-0.39, 0.29) is 12.1 Å². The van der Waals surface area contributed by atoms with Crippen molar-refractivity contribution in [1.29, 1.82) is 0 Å². The van der Waals surface area contributed by atoms with E-state index < -0.39 is 17.2 Å². The van der Waals surface area contributed by atoms with Crippen molar-refractivity contribution in [3.8, 4) is 0 Å². The summed E-state index contributed by atoms with van der Waals surface area (Å²) in [5.74, 6) is -1.32. The van der Waals surface area contributed by atoms with Gasteiger partial charge in [0, 0.05) is 19.3 Å². The molecule has 1 N–H and O–H groups in total. The summed E-state index contributed by atoms with van der Waals surface area (Å²) in [6.07, 6.45) is 1.08. The van der Waals surface area contributed by atoms with Gasteiger partial charge in [-0.05, 0) is 13.8 Å². The zero-order valence-electron chi connectivity index (χ0n) is 8.56. The molecule has 1 heterocycles. The molecule has 0 saturated carbocycles. The second-order valence-electron chi connectivity index (χ2n) is 2.97. The first-order valence-corrected chi connectivity index (χ1v) is 4.60. The maximum atomic E-state index is 11.6. The highest BCUT2D eigenvalue weighted by atomic mass is 16.4. The number of aromatic nitrogens is 2. The molecule has 1 aromatic rings. The minimum absolute atomic E-state index is 0.165. The predicted molar refractivity (Wildman–Crippen MR) is 53.3 cm³/mol. The van der Waals surface area contributed by atoms with Crippen LogP contribution in [0.2, 0.25) is 0 Å². The van der Waals surface area contributed by atoms with Crippen molar-refractivity contribution in [3.05, 3.63) is 32.6 Å². The lowest BCUT2D eigenvalue weighted by Crippen LogP contribution is -2.41. The normalized spacial score (nSPS) is 10.3. The predicted octanol–water partition coefficient (Wildman–Crippen LogP) is -0.252. The number of carboxylic acid groups (broad SMARTS) is 1. The number of rotatable bonds is 3. The maximum absolute atomic E-state index is 11.6. The van der Waals surface area contributed by atoms with Crippen molar-refractivity contribution in [1.82, 2.24) is 9.13 Å². The van der Waals surface area contributed by atoms with Gasteiger partial charge in [-0.3, -0.25) is 13.9 Å². The summed E-state index contributed by atoms with van der Waals surface area (Å²) >= 11 is 0. The van der Waals surface area contributed by atoms with E-state index in [0.717, 1.165) is 10.8 Å². The van der Waals surface area contributed by atoms with Crippen molar-refractivity contribution in [2.45, 2.75) is 26.9 Å². The van der Waals surface area contributed by atoms with Crippen LogP contribution in [0.15, 0.2) is 15.8 Å².